The van der Waals surface area contributed by atoms with Crippen LogP contribution in [0.4, 0.5) is 0 Å². The summed E-state index contributed by atoms with van der Waals surface area (Å²) in [6, 6.07) is 27.6. The molecule has 1 atom stereocenters. The summed E-state index contributed by atoms with van der Waals surface area (Å²) in [6.07, 6.45) is 0. The van der Waals surface area contributed by atoms with Gasteiger partial charge in [-0.15, -0.1) is 0 Å². The third kappa shape index (κ3) is 3.30. The number of benzene rings is 3. The highest BCUT2D eigenvalue weighted by molar-refractivity contribution is 6.24. The van der Waals surface area contributed by atoms with Gasteiger partial charge in [-0.3, -0.25) is 9.79 Å². The van der Waals surface area contributed by atoms with Crippen molar-refractivity contribution < 1.29 is 4.79 Å². The number of aliphatic imine (C=N–C) groups is 1. The molecule has 0 N–H and O–H groups in total. The monoisotopic (exact) mass is 377 g/mol. The average molecular weight is 377 g/mol. The molecule has 4 rings (SSSR count). The van der Waals surface area contributed by atoms with Crippen molar-refractivity contribution in [1.82, 2.24) is 0 Å². The van der Waals surface area contributed by atoms with Crippen LogP contribution in [0.3, 0.4) is 0 Å². The first-order chi connectivity index (χ1) is 13.9. The Morgan fingerprint density at radius 2 is 1.38 bits per heavy atom. The van der Waals surface area contributed by atoms with Gasteiger partial charge in [0.05, 0.1) is 11.1 Å². The van der Waals surface area contributed by atoms with Crippen molar-refractivity contribution in [2.75, 3.05) is 0 Å². The molecule has 142 valence electrons. The molecule has 0 saturated heterocycles. The van der Waals surface area contributed by atoms with Gasteiger partial charge < -0.3 is 0 Å². The van der Waals surface area contributed by atoms with Crippen LogP contribution in [0.2, 0.25) is 0 Å². The Balaban J connectivity index is 1.94. The number of hydrogen-bond acceptors (Lipinski definition) is 2. The largest absolute Gasteiger partial charge is 0.294 e. The summed E-state index contributed by atoms with van der Waals surface area (Å²) in [6.45, 7) is 5.95. The van der Waals surface area contributed by atoms with Gasteiger partial charge in [0.2, 0.25) is 5.54 Å². The van der Waals surface area contributed by atoms with Crippen molar-refractivity contribution in [3.8, 4) is 11.8 Å². The van der Waals surface area contributed by atoms with Gasteiger partial charge in [-0.1, -0.05) is 90.2 Å². The summed E-state index contributed by atoms with van der Waals surface area (Å²) in [5, 5.41) is 0. The lowest BCUT2D eigenvalue weighted by atomic mass is 9.74. The summed E-state index contributed by atoms with van der Waals surface area (Å²) < 4.78 is 0. The van der Waals surface area contributed by atoms with Crippen LogP contribution in [-0.2, 0) is 10.3 Å². The van der Waals surface area contributed by atoms with E-state index in [0.29, 0.717) is 0 Å². The number of nitrogens with zero attached hydrogens (tertiary/aromatic N) is 1. The van der Waals surface area contributed by atoms with Crippen LogP contribution >= 0.6 is 0 Å². The molecule has 29 heavy (non-hydrogen) atoms. The van der Waals surface area contributed by atoms with Crippen LogP contribution in [0.5, 0.6) is 0 Å². The quantitative estimate of drug-likeness (QED) is 0.554. The predicted octanol–water partition coefficient (Wildman–Crippen LogP) is 5.34. The molecule has 0 fully saturated rings. The summed E-state index contributed by atoms with van der Waals surface area (Å²) in [4.78, 5) is 18.8. The van der Waals surface area contributed by atoms with Gasteiger partial charge in [-0.05, 0) is 44.0 Å². The predicted molar refractivity (Wildman–Crippen MR) is 118 cm³/mol. The second-order valence-electron chi connectivity index (χ2n) is 7.97. The third-order valence-corrected chi connectivity index (χ3v) is 5.45. The van der Waals surface area contributed by atoms with E-state index in [2.05, 4.69) is 30.9 Å². The zero-order valence-electron chi connectivity index (χ0n) is 16.9. The van der Waals surface area contributed by atoms with Crippen LogP contribution in [0.25, 0.3) is 0 Å². The number of carbonyl (C=O) groups excluding carboxylic acids is 1. The van der Waals surface area contributed by atoms with Gasteiger partial charge in [0.15, 0.2) is 5.78 Å². The number of aryl methyl sites for hydroxylation is 1. The number of hydrogen-bond donors (Lipinski definition) is 0. The molecule has 3 aromatic rings. The van der Waals surface area contributed by atoms with Crippen LogP contribution in [0, 0.1) is 24.2 Å². The Bertz CT molecular complexity index is 1130. The highest BCUT2D eigenvalue weighted by atomic mass is 16.1. The minimum absolute atomic E-state index is 0.00945. The molecule has 2 heteroatoms. The normalized spacial score (nSPS) is 20.0. The van der Waals surface area contributed by atoms with Crippen LogP contribution in [0.15, 0.2) is 89.9 Å². The molecular weight excluding hydrogens is 354 g/mol. The van der Waals surface area contributed by atoms with E-state index in [1.165, 1.54) is 5.56 Å². The van der Waals surface area contributed by atoms with Crippen molar-refractivity contribution in [1.29, 1.82) is 0 Å². The zero-order valence-corrected chi connectivity index (χ0v) is 16.9. The third-order valence-electron chi connectivity index (χ3n) is 5.45. The van der Waals surface area contributed by atoms with Crippen molar-refractivity contribution in [2.45, 2.75) is 26.3 Å². The minimum atomic E-state index is -1.21. The first kappa shape index (κ1) is 18.9. The van der Waals surface area contributed by atoms with Gasteiger partial charge in [-0.25, -0.2) is 0 Å². The summed E-state index contributed by atoms with van der Waals surface area (Å²) in [5.74, 6) is 6.46. The number of ketones is 1. The second-order valence-corrected chi connectivity index (χ2v) is 7.97. The first-order valence-electron chi connectivity index (χ1n) is 9.79. The average Bonchev–Trinajstić information content (AvgIpc) is 2.96. The van der Waals surface area contributed by atoms with Gasteiger partial charge in [0.25, 0.3) is 0 Å². The molecule has 1 heterocycles. The number of carbonyl (C=O) groups is 1. The topological polar surface area (TPSA) is 29.4 Å². The highest BCUT2D eigenvalue weighted by Gasteiger charge is 2.54. The van der Waals surface area contributed by atoms with Crippen molar-refractivity contribution in [3.05, 3.63) is 107 Å². The molecule has 0 amide bonds. The standard InChI is InChI=1S/C27H23NO/c1-20-14-16-22(17-15-20)24-26(2,3)25(29)27(28-24,23-12-8-5-9-13-23)19-18-21-10-6-4-7-11-21/h4-17H,1-3H3. The fraction of sp³-hybridized carbons (Fsp3) is 0.185. The maximum Gasteiger partial charge on any atom is 0.205 e. The number of rotatable bonds is 2. The molecule has 0 aromatic heterocycles. The molecule has 3 aromatic carbocycles. The van der Waals surface area contributed by atoms with Crippen molar-refractivity contribution in [3.63, 3.8) is 0 Å². The van der Waals surface area contributed by atoms with Gasteiger partial charge in [0.1, 0.15) is 0 Å². The lowest BCUT2D eigenvalue weighted by Crippen LogP contribution is -2.38. The van der Waals surface area contributed by atoms with E-state index in [9.17, 15) is 4.79 Å². The van der Waals surface area contributed by atoms with Gasteiger partial charge >= 0.3 is 0 Å². The van der Waals surface area contributed by atoms with E-state index in [0.717, 1.165) is 22.4 Å². The maximum atomic E-state index is 13.8. The number of Topliss-reactive ketones (excluding diaryl/α,β-unsaturated/α-hetero) is 1. The van der Waals surface area contributed by atoms with E-state index in [1.54, 1.807) is 0 Å². The fourth-order valence-corrected chi connectivity index (χ4v) is 3.77. The van der Waals surface area contributed by atoms with Crippen molar-refractivity contribution in [2.24, 2.45) is 10.4 Å². The summed E-state index contributed by atoms with van der Waals surface area (Å²) in [7, 11) is 0. The second kappa shape index (κ2) is 7.18. The van der Waals surface area contributed by atoms with Crippen molar-refractivity contribution >= 4 is 11.5 Å². The highest BCUT2D eigenvalue weighted by Crippen LogP contribution is 2.44. The van der Waals surface area contributed by atoms with E-state index in [4.69, 9.17) is 4.99 Å². The van der Waals surface area contributed by atoms with Gasteiger partial charge in [-0.2, -0.15) is 0 Å². The summed E-state index contributed by atoms with van der Waals surface area (Å²) >= 11 is 0. The van der Waals surface area contributed by atoms with E-state index in [-0.39, 0.29) is 5.78 Å². The molecule has 0 aliphatic carbocycles. The summed E-state index contributed by atoms with van der Waals surface area (Å²) in [5.41, 5.74) is 2.66. The molecule has 1 unspecified atom stereocenters. The lowest BCUT2D eigenvalue weighted by molar-refractivity contribution is -0.126. The molecular formula is C27H23NO. The Hall–Kier alpha value is -3.44. The lowest BCUT2D eigenvalue weighted by Gasteiger charge is -2.24. The molecule has 0 saturated carbocycles. The molecule has 2 nitrogen and oxygen atoms in total. The molecule has 0 radical (unpaired) electrons. The molecule has 1 aliphatic heterocycles. The Labute approximate surface area is 172 Å². The van der Waals surface area contributed by atoms with Gasteiger partial charge in [0, 0.05) is 5.56 Å². The van der Waals surface area contributed by atoms with Crippen LogP contribution in [-0.4, -0.2) is 11.5 Å². The van der Waals surface area contributed by atoms with E-state index >= 15 is 0 Å². The Morgan fingerprint density at radius 3 is 2.00 bits per heavy atom. The zero-order chi connectivity index (χ0) is 20.5. The smallest absolute Gasteiger partial charge is 0.205 e. The van der Waals surface area contributed by atoms with Crippen LogP contribution in [0.1, 0.15) is 36.1 Å². The first-order valence-corrected chi connectivity index (χ1v) is 9.79. The molecule has 1 aliphatic rings. The molecule has 0 spiro atoms. The Morgan fingerprint density at radius 1 is 0.793 bits per heavy atom. The minimum Gasteiger partial charge on any atom is -0.294 e. The van der Waals surface area contributed by atoms with E-state index in [1.807, 2.05) is 86.6 Å². The molecule has 0 bridgehead atoms. The SMILES string of the molecule is Cc1ccc(C2=NC(C#Cc3ccccc3)(c3ccccc3)C(=O)C2(C)C)cc1. The van der Waals surface area contributed by atoms with E-state index < -0.39 is 11.0 Å². The maximum absolute atomic E-state index is 13.8. The Kier molecular flexibility index (Phi) is 4.68. The fourth-order valence-electron chi connectivity index (χ4n) is 3.77. The van der Waals surface area contributed by atoms with Crippen LogP contribution < -0.4 is 0 Å².